The van der Waals surface area contributed by atoms with Crippen LogP contribution in [0.1, 0.15) is 6.92 Å². The molecule has 6 heteroatoms. The van der Waals surface area contributed by atoms with Gasteiger partial charge in [-0.2, -0.15) is 12.6 Å². The fourth-order valence-corrected chi connectivity index (χ4v) is 2.61. The maximum atomic E-state index is 11.7. The van der Waals surface area contributed by atoms with Gasteiger partial charge in [-0.15, -0.1) is 11.3 Å². The van der Waals surface area contributed by atoms with E-state index in [1.54, 1.807) is 11.3 Å². The number of nitrogens with zero attached hydrogens (tertiary/aromatic N) is 3. The minimum absolute atomic E-state index is 0.127. The Morgan fingerprint density at radius 2 is 2.19 bits per heavy atom. The lowest BCUT2D eigenvalue weighted by Crippen LogP contribution is -2.50. The number of carbonyl (C=O) groups is 1. The van der Waals surface area contributed by atoms with Crippen LogP contribution in [-0.2, 0) is 4.79 Å². The van der Waals surface area contributed by atoms with Crippen molar-refractivity contribution in [2.45, 2.75) is 12.2 Å². The molecule has 1 aliphatic rings. The van der Waals surface area contributed by atoms with Gasteiger partial charge in [-0.05, 0) is 6.92 Å². The van der Waals surface area contributed by atoms with Crippen LogP contribution < -0.4 is 4.90 Å². The molecular weight excluding hydrogens is 242 g/mol. The zero-order valence-electron chi connectivity index (χ0n) is 9.17. The van der Waals surface area contributed by atoms with Crippen LogP contribution in [0.25, 0.3) is 0 Å². The summed E-state index contributed by atoms with van der Waals surface area (Å²) in [6.07, 6.45) is 1.81. The molecule has 1 fully saturated rings. The molecule has 1 saturated heterocycles. The molecule has 16 heavy (non-hydrogen) atoms. The summed E-state index contributed by atoms with van der Waals surface area (Å²) in [5.74, 6) is 0.127. The number of amides is 1. The van der Waals surface area contributed by atoms with Crippen molar-refractivity contribution in [3.63, 3.8) is 0 Å². The van der Waals surface area contributed by atoms with Crippen molar-refractivity contribution < 1.29 is 4.79 Å². The third-order valence-electron chi connectivity index (χ3n) is 2.64. The number of rotatable bonds is 2. The van der Waals surface area contributed by atoms with Crippen LogP contribution in [0.3, 0.4) is 0 Å². The van der Waals surface area contributed by atoms with Gasteiger partial charge in [-0.3, -0.25) is 4.79 Å². The lowest BCUT2D eigenvalue weighted by atomic mass is 10.3. The average Bonchev–Trinajstić information content (AvgIpc) is 2.81. The predicted molar refractivity (Wildman–Crippen MR) is 69.4 cm³/mol. The molecule has 88 valence electrons. The zero-order chi connectivity index (χ0) is 11.5. The first-order chi connectivity index (χ1) is 7.68. The van der Waals surface area contributed by atoms with E-state index in [1.165, 1.54) is 0 Å². The van der Waals surface area contributed by atoms with E-state index in [1.807, 2.05) is 23.4 Å². The number of carbonyl (C=O) groups excluding carboxylic acids is 1. The molecule has 4 nitrogen and oxygen atoms in total. The van der Waals surface area contributed by atoms with Gasteiger partial charge in [0, 0.05) is 37.8 Å². The summed E-state index contributed by atoms with van der Waals surface area (Å²) < 4.78 is 0. The highest BCUT2D eigenvalue weighted by Crippen LogP contribution is 2.19. The highest BCUT2D eigenvalue weighted by atomic mass is 32.1. The van der Waals surface area contributed by atoms with Crippen molar-refractivity contribution in [2.24, 2.45) is 0 Å². The van der Waals surface area contributed by atoms with Crippen LogP contribution >= 0.6 is 24.0 Å². The summed E-state index contributed by atoms with van der Waals surface area (Å²) in [5, 5.41) is 2.82. The Morgan fingerprint density at radius 1 is 1.50 bits per heavy atom. The van der Waals surface area contributed by atoms with Gasteiger partial charge in [0.2, 0.25) is 5.91 Å². The summed E-state index contributed by atoms with van der Waals surface area (Å²) in [6, 6.07) is 0. The molecule has 1 aromatic heterocycles. The monoisotopic (exact) mass is 257 g/mol. The fourth-order valence-electron chi connectivity index (χ4n) is 1.75. The molecule has 1 atom stereocenters. The molecule has 0 aromatic carbocycles. The van der Waals surface area contributed by atoms with Crippen LogP contribution in [-0.4, -0.2) is 47.2 Å². The van der Waals surface area contributed by atoms with Crippen LogP contribution in [0.2, 0.25) is 0 Å². The standard InChI is InChI=1S/C10H15N3OS2/c1-8(15)9(14)12-3-5-13(6-4-12)10-11-2-7-16-10/h2,7-8,15H,3-6H2,1H3. The van der Waals surface area contributed by atoms with Gasteiger partial charge < -0.3 is 9.80 Å². The highest BCUT2D eigenvalue weighted by Gasteiger charge is 2.23. The van der Waals surface area contributed by atoms with E-state index in [4.69, 9.17) is 0 Å². The molecule has 0 saturated carbocycles. The van der Waals surface area contributed by atoms with Crippen LogP contribution in [0.15, 0.2) is 11.6 Å². The SMILES string of the molecule is CC(S)C(=O)N1CCN(c2nccs2)CC1. The first-order valence-corrected chi connectivity index (χ1v) is 6.69. The molecule has 0 bridgehead atoms. The Bertz CT molecular complexity index is 345. The molecule has 0 spiro atoms. The number of hydrogen-bond acceptors (Lipinski definition) is 5. The van der Waals surface area contributed by atoms with Crippen molar-refractivity contribution >= 4 is 35.0 Å². The maximum absolute atomic E-state index is 11.7. The summed E-state index contributed by atoms with van der Waals surface area (Å²) in [4.78, 5) is 20.1. The van der Waals surface area contributed by atoms with E-state index in [-0.39, 0.29) is 11.2 Å². The number of aromatic nitrogens is 1. The topological polar surface area (TPSA) is 36.4 Å². The van der Waals surface area contributed by atoms with Crippen molar-refractivity contribution in [3.05, 3.63) is 11.6 Å². The number of thiazole rings is 1. The molecule has 0 aliphatic carbocycles. The fraction of sp³-hybridized carbons (Fsp3) is 0.600. The van der Waals surface area contributed by atoms with E-state index in [9.17, 15) is 4.79 Å². The Kier molecular flexibility index (Phi) is 3.70. The van der Waals surface area contributed by atoms with Gasteiger partial charge in [-0.1, -0.05) is 0 Å². The van der Waals surface area contributed by atoms with E-state index in [2.05, 4.69) is 22.5 Å². The Balaban J connectivity index is 1.90. The third-order valence-corrected chi connectivity index (χ3v) is 3.69. The molecular formula is C10H15N3OS2. The van der Waals surface area contributed by atoms with E-state index >= 15 is 0 Å². The van der Waals surface area contributed by atoms with Crippen molar-refractivity contribution in [1.82, 2.24) is 9.88 Å². The average molecular weight is 257 g/mol. The van der Waals surface area contributed by atoms with Crippen molar-refractivity contribution in [1.29, 1.82) is 0 Å². The zero-order valence-corrected chi connectivity index (χ0v) is 10.9. The molecule has 0 N–H and O–H groups in total. The van der Waals surface area contributed by atoms with Gasteiger partial charge in [0.05, 0.1) is 5.25 Å². The van der Waals surface area contributed by atoms with E-state index < -0.39 is 0 Å². The second-order valence-corrected chi connectivity index (χ2v) is 5.45. The molecule has 1 aliphatic heterocycles. The second kappa shape index (κ2) is 5.05. The first kappa shape index (κ1) is 11.7. The van der Waals surface area contributed by atoms with Gasteiger partial charge in [0.1, 0.15) is 0 Å². The summed E-state index contributed by atoms with van der Waals surface area (Å²) >= 11 is 5.81. The summed E-state index contributed by atoms with van der Waals surface area (Å²) in [5.41, 5.74) is 0. The molecule has 2 heterocycles. The van der Waals surface area contributed by atoms with Gasteiger partial charge in [0.15, 0.2) is 5.13 Å². The summed E-state index contributed by atoms with van der Waals surface area (Å²) in [7, 11) is 0. The minimum atomic E-state index is -0.202. The molecule has 0 radical (unpaired) electrons. The second-order valence-electron chi connectivity index (χ2n) is 3.80. The number of hydrogen-bond donors (Lipinski definition) is 1. The Hall–Kier alpha value is -0.750. The molecule has 2 rings (SSSR count). The van der Waals surface area contributed by atoms with Crippen LogP contribution in [0, 0.1) is 0 Å². The summed E-state index contributed by atoms with van der Waals surface area (Å²) in [6.45, 7) is 5.07. The van der Waals surface area contributed by atoms with Crippen LogP contribution in [0.4, 0.5) is 5.13 Å². The normalized spacial score (nSPS) is 18.6. The number of piperazine rings is 1. The van der Waals surface area contributed by atoms with Gasteiger partial charge in [-0.25, -0.2) is 4.98 Å². The molecule has 1 aromatic rings. The van der Waals surface area contributed by atoms with Gasteiger partial charge >= 0.3 is 0 Å². The smallest absolute Gasteiger partial charge is 0.235 e. The largest absolute Gasteiger partial charge is 0.345 e. The lowest BCUT2D eigenvalue weighted by molar-refractivity contribution is -0.130. The minimum Gasteiger partial charge on any atom is -0.345 e. The number of thiol groups is 1. The molecule has 1 amide bonds. The predicted octanol–water partition coefficient (Wildman–Crippen LogP) is 1.11. The van der Waals surface area contributed by atoms with Crippen molar-refractivity contribution in [3.8, 4) is 0 Å². The molecule has 1 unspecified atom stereocenters. The Labute approximate surface area is 105 Å². The highest BCUT2D eigenvalue weighted by molar-refractivity contribution is 7.81. The van der Waals surface area contributed by atoms with E-state index in [0.29, 0.717) is 0 Å². The van der Waals surface area contributed by atoms with Gasteiger partial charge in [0.25, 0.3) is 0 Å². The number of anilines is 1. The lowest BCUT2D eigenvalue weighted by Gasteiger charge is -2.35. The van der Waals surface area contributed by atoms with E-state index in [0.717, 1.165) is 31.3 Å². The quantitative estimate of drug-likeness (QED) is 0.806. The first-order valence-electron chi connectivity index (χ1n) is 5.30. The third kappa shape index (κ3) is 2.49. The van der Waals surface area contributed by atoms with Crippen LogP contribution in [0.5, 0.6) is 0 Å². The Morgan fingerprint density at radius 3 is 2.69 bits per heavy atom. The van der Waals surface area contributed by atoms with Crippen molar-refractivity contribution in [2.75, 3.05) is 31.1 Å². The maximum Gasteiger partial charge on any atom is 0.235 e.